The molecule has 1 N–H and O–H groups in total. The Morgan fingerprint density at radius 2 is 1.42 bits per heavy atom. The minimum Gasteiger partial charge on any atom is -0.466 e. The summed E-state index contributed by atoms with van der Waals surface area (Å²) in [5, 5.41) is 9.36. The normalized spacial score (nSPS) is 12.0. The Kier molecular flexibility index (Phi) is 7.75. The molecular weight excluding hydrogens is 355 g/mol. The zero-order valence-corrected chi connectivity index (χ0v) is 15.3. The zero-order chi connectivity index (χ0) is 18.8. The van der Waals surface area contributed by atoms with E-state index < -0.39 is 20.2 Å². The summed E-state index contributed by atoms with van der Waals surface area (Å²) < 4.78 is 28.7. The van der Waals surface area contributed by atoms with E-state index in [1.807, 2.05) is 60.7 Å². The fraction of sp³-hybridized carbons (Fsp3) is 0.211. The van der Waals surface area contributed by atoms with Gasteiger partial charge in [-0.1, -0.05) is 60.7 Å². The number of benzene rings is 2. The van der Waals surface area contributed by atoms with Gasteiger partial charge in [0.05, 0.1) is 32.5 Å². The van der Waals surface area contributed by atoms with Crippen LogP contribution in [0, 0.1) is 0 Å². The largest absolute Gasteiger partial charge is 0.466 e. The molecule has 0 aromatic heterocycles. The molecule has 0 saturated carbocycles. The number of carbonyl (C=O) groups excluding carboxylic acids is 1. The number of aliphatic hydroxyl groups is 1. The summed E-state index contributed by atoms with van der Waals surface area (Å²) in [6.07, 6.45) is 0. The SMILES string of the molecule is COC(=O)/C(=C/P(=O)(OCc1ccccc1)OCc1ccccc1)CO. The first kappa shape index (κ1) is 20.1. The first-order valence-corrected chi connectivity index (χ1v) is 9.55. The van der Waals surface area contributed by atoms with Gasteiger partial charge in [-0.2, -0.15) is 0 Å². The predicted octanol–water partition coefficient (Wildman–Crippen LogP) is 3.66. The van der Waals surface area contributed by atoms with Gasteiger partial charge < -0.3 is 18.9 Å². The van der Waals surface area contributed by atoms with Crippen molar-refractivity contribution in [2.45, 2.75) is 13.2 Å². The van der Waals surface area contributed by atoms with Crippen LogP contribution >= 0.6 is 7.60 Å². The summed E-state index contributed by atoms with van der Waals surface area (Å²) in [5.41, 5.74) is 1.41. The fourth-order valence-electron chi connectivity index (χ4n) is 2.07. The van der Waals surface area contributed by atoms with Crippen molar-refractivity contribution in [3.05, 3.63) is 83.2 Å². The van der Waals surface area contributed by atoms with E-state index in [-0.39, 0.29) is 18.8 Å². The Hall–Kier alpha value is -2.24. The van der Waals surface area contributed by atoms with Crippen LogP contribution in [0.1, 0.15) is 11.1 Å². The van der Waals surface area contributed by atoms with E-state index in [9.17, 15) is 14.5 Å². The lowest BCUT2D eigenvalue weighted by molar-refractivity contribution is -0.136. The van der Waals surface area contributed by atoms with E-state index in [2.05, 4.69) is 4.74 Å². The van der Waals surface area contributed by atoms with Crippen molar-refractivity contribution >= 4 is 13.6 Å². The van der Waals surface area contributed by atoms with Gasteiger partial charge in [0, 0.05) is 5.82 Å². The Bertz CT molecular complexity index is 726. The molecule has 2 rings (SSSR count). The van der Waals surface area contributed by atoms with Crippen LogP contribution in [0.5, 0.6) is 0 Å². The molecule has 2 aromatic carbocycles. The molecule has 0 radical (unpaired) electrons. The highest BCUT2D eigenvalue weighted by Crippen LogP contribution is 2.52. The van der Waals surface area contributed by atoms with E-state index in [1.165, 1.54) is 7.11 Å². The van der Waals surface area contributed by atoms with Crippen molar-refractivity contribution in [1.82, 2.24) is 0 Å². The lowest BCUT2D eigenvalue weighted by atomic mass is 10.2. The second-order valence-electron chi connectivity index (χ2n) is 5.36. The van der Waals surface area contributed by atoms with E-state index in [4.69, 9.17) is 9.05 Å². The molecule has 26 heavy (non-hydrogen) atoms. The Balaban J connectivity index is 2.19. The number of esters is 1. The first-order chi connectivity index (χ1) is 12.6. The Morgan fingerprint density at radius 1 is 0.962 bits per heavy atom. The zero-order valence-electron chi connectivity index (χ0n) is 14.4. The third-order valence-corrected chi connectivity index (χ3v) is 5.05. The molecule has 6 nitrogen and oxygen atoms in total. The minimum atomic E-state index is -3.81. The molecule has 0 bridgehead atoms. The molecule has 0 spiro atoms. The summed E-state index contributed by atoms with van der Waals surface area (Å²) in [7, 11) is -2.64. The van der Waals surface area contributed by atoms with Crippen LogP contribution in [-0.2, 0) is 36.4 Å². The monoisotopic (exact) mass is 376 g/mol. The van der Waals surface area contributed by atoms with E-state index in [0.717, 1.165) is 16.9 Å². The smallest absolute Gasteiger partial charge is 0.355 e. The highest BCUT2D eigenvalue weighted by atomic mass is 31.2. The van der Waals surface area contributed by atoms with Gasteiger partial charge in [-0.25, -0.2) is 4.79 Å². The van der Waals surface area contributed by atoms with Crippen molar-refractivity contribution in [2.75, 3.05) is 13.7 Å². The number of hydrogen-bond donors (Lipinski definition) is 1. The molecule has 7 heteroatoms. The first-order valence-electron chi connectivity index (χ1n) is 7.94. The lowest BCUT2D eigenvalue weighted by Crippen LogP contribution is -2.09. The van der Waals surface area contributed by atoms with Crippen molar-refractivity contribution in [2.24, 2.45) is 0 Å². The van der Waals surface area contributed by atoms with E-state index >= 15 is 0 Å². The van der Waals surface area contributed by atoms with Crippen molar-refractivity contribution < 1.29 is 28.3 Å². The van der Waals surface area contributed by atoms with Gasteiger partial charge in [0.25, 0.3) is 0 Å². The van der Waals surface area contributed by atoms with Gasteiger partial charge in [0.2, 0.25) is 0 Å². The second-order valence-corrected chi connectivity index (χ2v) is 7.22. The standard InChI is InChI=1S/C19H21O6P/c1-23-19(21)18(12-20)15-26(22,24-13-16-8-4-2-5-9-16)25-14-17-10-6-3-7-11-17/h2-11,15,20H,12-14H2,1H3/b18-15+. The molecule has 0 saturated heterocycles. The quantitative estimate of drug-likeness (QED) is 0.409. The molecule has 2 aromatic rings. The van der Waals surface area contributed by atoms with Gasteiger partial charge in [0.15, 0.2) is 0 Å². The van der Waals surface area contributed by atoms with E-state index in [0.29, 0.717) is 0 Å². The van der Waals surface area contributed by atoms with E-state index in [1.54, 1.807) is 0 Å². The highest BCUT2D eigenvalue weighted by Gasteiger charge is 2.25. The molecular formula is C19H21O6P. The molecule has 0 unspecified atom stereocenters. The number of aliphatic hydroxyl groups excluding tert-OH is 1. The van der Waals surface area contributed by atoms with Crippen molar-refractivity contribution in [1.29, 1.82) is 0 Å². The topological polar surface area (TPSA) is 82.1 Å². The average molecular weight is 376 g/mol. The minimum absolute atomic E-state index is 0.0310. The molecule has 0 aliphatic carbocycles. The number of methoxy groups -OCH3 is 1. The molecule has 0 amide bonds. The Labute approximate surface area is 152 Å². The third kappa shape index (κ3) is 6.24. The summed E-state index contributed by atoms with van der Waals surface area (Å²) in [6.45, 7) is -0.577. The summed E-state index contributed by atoms with van der Waals surface area (Å²) in [4.78, 5) is 11.7. The van der Waals surface area contributed by atoms with Crippen LogP contribution in [0.25, 0.3) is 0 Å². The maximum absolute atomic E-state index is 13.1. The van der Waals surface area contributed by atoms with Crippen LogP contribution in [0.2, 0.25) is 0 Å². The van der Waals surface area contributed by atoms with Gasteiger partial charge in [-0.05, 0) is 11.1 Å². The van der Waals surface area contributed by atoms with Crippen LogP contribution in [-0.4, -0.2) is 24.8 Å². The average Bonchev–Trinajstić information content (AvgIpc) is 2.70. The highest BCUT2D eigenvalue weighted by molar-refractivity contribution is 7.57. The molecule has 0 heterocycles. The molecule has 138 valence electrons. The van der Waals surface area contributed by atoms with Crippen molar-refractivity contribution in [3.63, 3.8) is 0 Å². The molecule has 0 aliphatic rings. The number of carbonyl (C=O) groups is 1. The Morgan fingerprint density at radius 3 is 1.81 bits per heavy atom. The maximum atomic E-state index is 13.1. The predicted molar refractivity (Wildman–Crippen MR) is 97.3 cm³/mol. The molecule has 0 aliphatic heterocycles. The van der Waals surface area contributed by atoms with Gasteiger partial charge in [-0.15, -0.1) is 0 Å². The summed E-state index contributed by atoms with van der Waals surface area (Å²) in [5.74, 6) is 0.226. The second kappa shape index (κ2) is 10.0. The van der Waals surface area contributed by atoms with Gasteiger partial charge >= 0.3 is 13.6 Å². The maximum Gasteiger partial charge on any atom is 0.355 e. The van der Waals surface area contributed by atoms with Crippen LogP contribution in [0.4, 0.5) is 0 Å². The fourth-order valence-corrected chi connectivity index (χ4v) is 3.52. The van der Waals surface area contributed by atoms with Crippen molar-refractivity contribution in [3.8, 4) is 0 Å². The summed E-state index contributed by atoms with van der Waals surface area (Å²) >= 11 is 0. The lowest BCUT2D eigenvalue weighted by Gasteiger charge is -2.17. The van der Waals surface area contributed by atoms with Crippen LogP contribution in [0.3, 0.4) is 0 Å². The molecule has 0 fully saturated rings. The van der Waals surface area contributed by atoms with Crippen LogP contribution in [0.15, 0.2) is 72.1 Å². The summed E-state index contributed by atoms with van der Waals surface area (Å²) in [6, 6.07) is 18.3. The third-order valence-electron chi connectivity index (χ3n) is 3.44. The van der Waals surface area contributed by atoms with Crippen LogP contribution < -0.4 is 0 Å². The number of rotatable bonds is 9. The molecule has 0 atom stereocenters. The van der Waals surface area contributed by atoms with Gasteiger partial charge in [-0.3, -0.25) is 4.57 Å². The number of ether oxygens (including phenoxy) is 1. The number of hydrogen-bond acceptors (Lipinski definition) is 6. The van der Waals surface area contributed by atoms with Gasteiger partial charge in [0.1, 0.15) is 0 Å².